The van der Waals surface area contributed by atoms with E-state index in [1.807, 2.05) is 37.3 Å². The van der Waals surface area contributed by atoms with Gasteiger partial charge in [-0.15, -0.1) is 11.3 Å². The van der Waals surface area contributed by atoms with Gasteiger partial charge in [0.05, 0.1) is 33.5 Å². The molecule has 0 spiro atoms. The second-order valence-corrected chi connectivity index (χ2v) is 8.94. The summed E-state index contributed by atoms with van der Waals surface area (Å²) < 4.78 is 6.98. The van der Waals surface area contributed by atoms with Gasteiger partial charge in [-0.3, -0.25) is 9.69 Å². The van der Waals surface area contributed by atoms with Crippen molar-refractivity contribution in [1.29, 1.82) is 0 Å². The molecule has 3 aromatic rings. The lowest BCUT2D eigenvalue weighted by Gasteiger charge is -2.38. The summed E-state index contributed by atoms with van der Waals surface area (Å²) in [6, 6.07) is 16.1. The first kappa shape index (κ1) is 20.0. The number of fused-ring (bicyclic) bond motifs is 1. The molecule has 152 valence electrons. The lowest BCUT2D eigenvalue weighted by atomic mass is 10.1. The van der Waals surface area contributed by atoms with Gasteiger partial charge in [0.1, 0.15) is 0 Å². The third kappa shape index (κ3) is 4.83. The lowest BCUT2D eigenvalue weighted by Crippen LogP contribution is -2.52. The summed E-state index contributed by atoms with van der Waals surface area (Å²) in [5.41, 5.74) is 3.06. The number of para-hydroxylation sites is 1. The number of nitrogens with one attached hydrogen (secondary N) is 1. The molecule has 0 aliphatic carbocycles. The summed E-state index contributed by atoms with van der Waals surface area (Å²) in [6.45, 7) is 7.62. The van der Waals surface area contributed by atoms with Gasteiger partial charge in [0.25, 0.3) is 0 Å². The zero-order chi connectivity index (χ0) is 20.4. The number of rotatable bonds is 5. The van der Waals surface area contributed by atoms with Crippen molar-refractivity contribution in [2.24, 2.45) is 0 Å². The van der Waals surface area contributed by atoms with Gasteiger partial charge in [-0.2, -0.15) is 0 Å². The molecular weight excluding hydrogens is 382 g/mol. The van der Waals surface area contributed by atoms with E-state index in [2.05, 4.69) is 42.3 Å². The van der Waals surface area contributed by atoms with Crippen LogP contribution in [0, 0.1) is 0 Å². The Bertz CT molecular complexity index is 942. The quantitative estimate of drug-likeness (QED) is 0.682. The number of benzene rings is 2. The summed E-state index contributed by atoms with van der Waals surface area (Å²) in [4.78, 5) is 19.6. The molecule has 2 aromatic carbocycles. The van der Waals surface area contributed by atoms with Gasteiger partial charge < -0.3 is 10.1 Å². The van der Waals surface area contributed by atoms with Crippen LogP contribution in [0.3, 0.4) is 0 Å². The molecule has 1 N–H and O–H groups in total. The number of hydrogen-bond donors (Lipinski definition) is 1. The van der Waals surface area contributed by atoms with Crippen LogP contribution in [0.25, 0.3) is 10.2 Å². The number of amides is 1. The van der Waals surface area contributed by atoms with Crippen molar-refractivity contribution in [3.05, 3.63) is 59.1 Å². The molecule has 4 rings (SSSR count). The number of aromatic nitrogens is 1. The minimum absolute atomic E-state index is 0.0187. The summed E-state index contributed by atoms with van der Waals surface area (Å²) in [6.07, 6.45) is 1.10. The molecule has 1 aromatic heterocycles. The highest BCUT2D eigenvalue weighted by molar-refractivity contribution is 7.18. The Labute approximate surface area is 175 Å². The van der Waals surface area contributed by atoms with E-state index in [-0.39, 0.29) is 24.2 Å². The first-order valence-electron chi connectivity index (χ1n) is 10.1. The average molecular weight is 410 g/mol. The fraction of sp³-hybridized carbons (Fsp3) is 0.391. The molecule has 2 heterocycles. The fourth-order valence-corrected chi connectivity index (χ4v) is 4.82. The van der Waals surface area contributed by atoms with Gasteiger partial charge in [-0.25, -0.2) is 4.98 Å². The number of carbonyl (C=O) groups excluding carboxylic acids is 1. The van der Waals surface area contributed by atoms with Crippen molar-refractivity contribution < 1.29 is 9.53 Å². The maximum absolute atomic E-state index is 12.7. The zero-order valence-corrected chi connectivity index (χ0v) is 17.9. The smallest absolute Gasteiger partial charge is 0.241 e. The van der Waals surface area contributed by atoms with Crippen LogP contribution in [-0.2, 0) is 16.0 Å². The first-order valence-corrected chi connectivity index (χ1v) is 10.9. The van der Waals surface area contributed by atoms with Crippen molar-refractivity contribution in [2.75, 3.05) is 18.4 Å². The van der Waals surface area contributed by atoms with Gasteiger partial charge >= 0.3 is 0 Å². The Morgan fingerprint density at radius 1 is 1.17 bits per heavy atom. The van der Waals surface area contributed by atoms with Crippen molar-refractivity contribution in [3.63, 3.8) is 0 Å². The van der Waals surface area contributed by atoms with E-state index in [4.69, 9.17) is 9.72 Å². The average Bonchev–Trinajstić information content (AvgIpc) is 3.10. The maximum atomic E-state index is 12.7. The van der Waals surface area contributed by atoms with Gasteiger partial charge in [0, 0.05) is 25.2 Å². The molecule has 1 saturated heterocycles. The van der Waals surface area contributed by atoms with Crippen molar-refractivity contribution in [3.8, 4) is 0 Å². The largest absolute Gasteiger partial charge is 0.373 e. The van der Waals surface area contributed by atoms with Crippen LogP contribution >= 0.6 is 11.3 Å². The molecule has 1 amide bonds. The minimum atomic E-state index is -0.189. The number of carbonyl (C=O) groups is 1. The SMILES string of the molecule is C[C@@H]1CN([C@@H](C)C(=O)Nc2ccc(Cc3nc4ccccc4s3)cc2)C[C@@H](C)O1. The van der Waals surface area contributed by atoms with Crippen LogP contribution in [0.2, 0.25) is 0 Å². The van der Waals surface area contributed by atoms with Crippen molar-refractivity contribution in [1.82, 2.24) is 9.88 Å². The lowest BCUT2D eigenvalue weighted by molar-refractivity contribution is -0.126. The highest BCUT2D eigenvalue weighted by Crippen LogP contribution is 2.24. The Morgan fingerprint density at radius 2 is 1.86 bits per heavy atom. The van der Waals surface area contributed by atoms with Crippen molar-refractivity contribution in [2.45, 2.75) is 45.4 Å². The van der Waals surface area contributed by atoms with Gasteiger partial charge in [-0.1, -0.05) is 24.3 Å². The van der Waals surface area contributed by atoms with E-state index in [1.165, 1.54) is 10.3 Å². The van der Waals surface area contributed by atoms with Crippen LogP contribution in [0.5, 0.6) is 0 Å². The highest BCUT2D eigenvalue weighted by Gasteiger charge is 2.29. The predicted molar refractivity (Wildman–Crippen MR) is 119 cm³/mol. The second-order valence-electron chi connectivity index (χ2n) is 7.83. The molecule has 5 nitrogen and oxygen atoms in total. The predicted octanol–water partition coefficient (Wildman–Crippen LogP) is 4.32. The number of nitrogens with zero attached hydrogens (tertiary/aromatic N) is 2. The zero-order valence-electron chi connectivity index (χ0n) is 17.1. The first-order chi connectivity index (χ1) is 14.0. The number of ether oxygens (including phenoxy) is 1. The Kier molecular flexibility index (Phi) is 5.94. The van der Waals surface area contributed by atoms with Crippen LogP contribution in [0.4, 0.5) is 5.69 Å². The Hall–Kier alpha value is -2.28. The number of hydrogen-bond acceptors (Lipinski definition) is 5. The molecule has 0 unspecified atom stereocenters. The van der Waals surface area contributed by atoms with Gasteiger partial charge in [-0.05, 0) is 50.6 Å². The number of morpholine rings is 1. The van der Waals surface area contributed by atoms with Crippen LogP contribution in [0.15, 0.2) is 48.5 Å². The van der Waals surface area contributed by atoms with Gasteiger partial charge in [0.15, 0.2) is 0 Å². The molecule has 0 radical (unpaired) electrons. The number of anilines is 1. The maximum Gasteiger partial charge on any atom is 0.241 e. The van der Waals surface area contributed by atoms with E-state index in [1.54, 1.807) is 11.3 Å². The molecule has 1 aliphatic heterocycles. The van der Waals surface area contributed by atoms with Crippen LogP contribution in [0.1, 0.15) is 31.3 Å². The summed E-state index contributed by atoms with van der Waals surface area (Å²) in [5.74, 6) is 0.0187. The van der Waals surface area contributed by atoms with E-state index in [0.717, 1.165) is 35.7 Å². The summed E-state index contributed by atoms with van der Waals surface area (Å²) >= 11 is 1.73. The third-order valence-electron chi connectivity index (χ3n) is 5.29. The molecule has 3 atom stereocenters. The molecule has 0 saturated carbocycles. The monoisotopic (exact) mass is 409 g/mol. The molecule has 0 bridgehead atoms. The molecule has 1 fully saturated rings. The highest BCUT2D eigenvalue weighted by atomic mass is 32.1. The van der Waals surface area contributed by atoms with E-state index in [9.17, 15) is 4.79 Å². The minimum Gasteiger partial charge on any atom is -0.373 e. The summed E-state index contributed by atoms with van der Waals surface area (Å²) in [7, 11) is 0. The van der Waals surface area contributed by atoms with Crippen LogP contribution < -0.4 is 5.32 Å². The fourth-order valence-electron chi connectivity index (χ4n) is 3.82. The Balaban J connectivity index is 1.36. The third-order valence-corrected chi connectivity index (χ3v) is 6.33. The van der Waals surface area contributed by atoms with Gasteiger partial charge in [0.2, 0.25) is 5.91 Å². The standard InChI is InChI=1S/C23H27N3O2S/c1-15-13-26(14-16(2)28-15)17(3)23(27)24-19-10-8-18(9-11-19)12-22-25-20-6-4-5-7-21(20)29-22/h4-11,15-17H,12-14H2,1-3H3,(H,24,27)/t15-,16-,17+/m1/s1. The topological polar surface area (TPSA) is 54.5 Å². The van der Waals surface area contributed by atoms with E-state index in [0.29, 0.717) is 0 Å². The van der Waals surface area contributed by atoms with E-state index >= 15 is 0 Å². The van der Waals surface area contributed by atoms with Crippen molar-refractivity contribution >= 4 is 33.1 Å². The molecular formula is C23H27N3O2S. The van der Waals surface area contributed by atoms with E-state index < -0.39 is 0 Å². The summed E-state index contributed by atoms with van der Waals surface area (Å²) in [5, 5.41) is 4.15. The molecule has 6 heteroatoms. The molecule has 29 heavy (non-hydrogen) atoms. The normalized spacial score (nSPS) is 21.2. The van der Waals surface area contributed by atoms with Crippen LogP contribution in [-0.4, -0.2) is 47.1 Å². The number of thiazole rings is 1. The second kappa shape index (κ2) is 8.61. The molecule has 1 aliphatic rings. The Morgan fingerprint density at radius 3 is 2.55 bits per heavy atom.